The van der Waals surface area contributed by atoms with Crippen LogP contribution in [0.15, 0.2) is 24.3 Å². The van der Waals surface area contributed by atoms with E-state index in [9.17, 15) is 9.59 Å². The van der Waals surface area contributed by atoms with Crippen LogP contribution in [0.3, 0.4) is 0 Å². The summed E-state index contributed by atoms with van der Waals surface area (Å²) in [5.74, 6) is 0.00834. The highest BCUT2D eigenvalue weighted by atomic mass is 16.2. The molecular formula is C14H17NO2. The highest BCUT2D eigenvalue weighted by Gasteiger charge is 2.39. The molecule has 2 rings (SSSR count). The molecule has 2 atom stereocenters. The molecule has 1 aliphatic rings. The number of benzene rings is 1. The first-order chi connectivity index (χ1) is 8.07. The zero-order valence-electron chi connectivity index (χ0n) is 10.4. The van der Waals surface area contributed by atoms with Gasteiger partial charge in [-0.3, -0.25) is 14.5 Å². The minimum absolute atomic E-state index is 0.0487. The Bertz CT molecular complexity index is 432. The Balaban J connectivity index is 2.36. The molecule has 1 aromatic rings. The van der Waals surface area contributed by atoms with Crippen LogP contribution >= 0.6 is 0 Å². The molecule has 1 heterocycles. The predicted octanol–water partition coefficient (Wildman–Crippen LogP) is 2.72. The molecule has 3 heteroatoms. The second-order valence-corrected chi connectivity index (χ2v) is 4.65. The van der Waals surface area contributed by atoms with Crippen molar-refractivity contribution in [3.8, 4) is 0 Å². The Morgan fingerprint density at radius 3 is 1.94 bits per heavy atom. The van der Waals surface area contributed by atoms with Crippen molar-refractivity contribution in [3.63, 3.8) is 0 Å². The Kier molecular flexibility index (Phi) is 3.01. The van der Waals surface area contributed by atoms with Gasteiger partial charge in [-0.2, -0.15) is 0 Å². The Morgan fingerprint density at radius 1 is 1.06 bits per heavy atom. The number of fused-ring (bicyclic) bond motifs is 1. The topological polar surface area (TPSA) is 37.4 Å². The summed E-state index contributed by atoms with van der Waals surface area (Å²) in [7, 11) is 0. The summed E-state index contributed by atoms with van der Waals surface area (Å²) >= 11 is 0. The molecule has 0 radical (unpaired) electrons. The smallest absolute Gasteiger partial charge is 0.261 e. The zero-order chi connectivity index (χ0) is 12.6. The van der Waals surface area contributed by atoms with Crippen LogP contribution in [0.25, 0.3) is 0 Å². The fraction of sp³-hybridized carbons (Fsp3) is 0.429. The van der Waals surface area contributed by atoms with Crippen LogP contribution in [-0.4, -0.2) is 22.8 Å². The Labute approximate surface area is 101 Å². The molecule has 1 aromatic carbocycles. The predicted molar refractivity (Wildman–Crippen MR) is 65.9 cm³/mol. The molecule has 0 fully saturated rings. The molecule has 90 valence electrons. The number of carbonyl (C=O) groups excluding carboxylic acids is 2. The number of hydrogen-bond donors (Lipinski definition) is 0. The van der Waals surface area contributed by atoms with E-state index in [4.69, 9.17) is 0 Å². The molecule has 0 N–H and O–H groups in total. The van der Waals surface area contributed by atoms with E-state index in [-0.39, 0.29) is 17.9 Å². The van der Waals surface area contributed by atoms with Crippen LogP contribution in [0.2, 0.25) is 0 Å². The summed E-state index contributed by atoms with van der Waals surface area (Å²) in [6.07, 6.45) is 0.953. The van der Waals surface area contributed by atoms with Crippen LogP contribution in [0.1, 0.15) is 47.9 Å². The first kappa shape index (κ1) is 11.8. The van der Waals surface area contributed by atoms with Crippen molar-refractivity contribution in [1.29, 1.82) is 0 Å². The number of hydrogen-bond acceptors (Lipinski definition) is 2. The van der Waals surface area contributed by atoms with Crippen LogP contribution < -0.4 is 0 Å². The van der Waals surface area contributed by atoms with Gasteiger partial charge >= 0.3 is 0 Å². The van der Waals surface area contributed by atoms with Gasteiger partial charge in [-0.15, -0.1) is 0 Å². The monoisotopic (exact) mass is 231 g/mol. The molecule has 3 nitrogen and oxygen atoms in total. The van der Waals surface area contributed by atoms with Crippen molar-refractivity contribution < 1.29 is 9.59 Å². The minimum Gasteiger partial charge on any atom is -0.271 e. The van der Waals surface area contributed by atoms with Gasteiger partial charge in [-0.25, -0.2) is 0 Å². The van der Waals surface area contributed by atoms with E-state index in [2.05, 4.69) is 13.8 Å². The second-order valence-electron chi connectivity index (χ2n) is 4.65. The lowest BCUT2D eigenvalue weighted by atomic mass is 9.99. The van der Waals surface area contributed by atoms with E-state index >= 15 is 0 Å². The van der Waals surface area contributed by atoms with Gasteiger partial charge in [0.15, 0.2) is 0 Å². The standard InChI is InChI=1S/C14H17NO2/c1-4-9(2)10(3)15-13(16)11-7-5-6-8-12(11)14(15)17/h5-10H,4H2,1-3H3/t9-,10+/m1/s1. The maximum Gasteiger partial charge on any atom is 0.261 e. The molecule has 17 heavy (non-hydrogen) atoms. The van der Waals surface area contributed by atoms with E-state index in [1.54, 1.807) is 24.3 Å². The highest BCUT2D eigenvalue weighted by Crippen LogP contribution is 2.27. The van der Waals surface area contributed by atoms with Crippen LogP contribution in [0, 0.1) is 5.92 Å². The summed E-state index contributed by atoms with van der Waals surface area (Å²) in [5.41, 5.74) is 1.07. The fourth-order valence-electron chi connectivity index (χ4n) is 2.17. The molecule has 0 saturated carbocycles. The lowest BCUT2D eigenvalue weighted by Gasteiger charge is -2.27. The average Bonchev–Trinajstić information content (AvgIpc) is 2.61. The quantitative estimate of drug-likeness (QED) is 0.750. The minimum atomic E-state index is -0.154. The molecule has 0 saturated heterocycles. The third-order valence-corrected chi connectivity index (χ3v) is 3.70. The summed E-state index contributed by atoms with van der Waals surface area (Å²) < 4.78 is 0. The Morgan fingerprint density at radius 2 is 1.53 bits per heavy atom. The molecular weight excluding hydrogens is 214 g/mol. The van der Waals surface area contributed by atoms with E-state index in [0.717, 1.165) is 6.42 Å². The summed E-state index contributed by atoms with van der Waals surface area (Å²) in [4.78, 5) is 25.7. The number of amides is 2. The summed E-state index contributed by atoms with van der Waals surface area (Å²) in [6, 6.07) is 6.98. The van der Waals surface area contributed by atoms with Crippen molar-refractivity contribution in [2.75, 3.05) is 0 Å². The van der Waals surface area contributed by atoms with Gasteiger partial charge < -0.3 is 0 Å². The maximum atomic E-state index is 12.2. The van der Waals surface area contributed by atoms with Crippen LogP contribution in [-0.2, 0) is 0 Å². The van der Waals surface area contributed by atoms with Gasteiger partial charge in [0.25, 0.3) is 11.8 Å². The van der Waals surface area contributed by atoms with Gasteiger partial charge in [0.2, 0.25) is 0 Å². The van der Waals surface area contributed by atoms with E-state index in [1.807, 2.05) is 6.92 Å². The second kappa shape index (κ2) is 4.32. The lowest BCUT2D eigenvalue weighted by molar-refractivity contribution is 0.0550. The van der Waals surface area contributed by atoms with E-state index < -0.39 is 0 Å². The third-order valence-electron chi connectivity index (χ3n) is 3.70. The first-order valence-electron chi connectivity index (χ1n) is 6.04. The van der Waals surface area contributed by atoms with Crippen LogP contribution in [0.4, 0.5) is 0 Å². The normalized spacial score (nSPS) is 18.2. The molecule has 0 aromatic heterocycles. The third kappa shape index (κ3) is 1.75. The van der Waals surface area contributed by atoms with Crippen molar-refractivity contribution in [1.82, 2.24) is 4.90 Å². The molecule has 0 aliphatic carbocycles. The Hall–Kier alpha value is -1.64. The molecule has 0 spiro atoms. The lowest BCUT2D eigenvalue weighted by Crippen LogP contribution is -2.41. The summed E-state index contributed by atoms with van der Waals surface area (Å²) in [6.45, 7) is 6.07. The molecule has 2 amide bonds. The molecule has 0 unspecified atom stereocenters. The SMILES string of the molecule is CC[C@@H](C)[C@H](C)N1C(=O)c2ccccc2C1=O. The first-order valence-corrected chi connectivity index (χ1v) is 6.04. The number of carbonyl (C=O) groups is 2. The van der Waals surface area contributed by atoms with Crippen molar-refractivity contribution in [3.05, 3.63) is 35.4 Å². The van der Waals surface area contributed by atoms with Crippen molar-refractivity contribution in [2.45, 2.75) is 33.2 Å². The van der Waals surface area contributed by atoms with Gasteiger partial charge in [0.05, 0.1) is 11.1 Å². The van der Waals surface area contributed by atoms with Crippen LogP contribution in [0.5, 0.6) is 0 Å². The number of nitrogens with zero attached hydrogens (tertiary/aromatic N) is 1. The average molecular weight is 231 g/mol. The highest BCUT2D eigenvalue weighted by molar-refractivity contribution is 6.21. The van der Waals surface area contributed by atoms with Crippen molar-refractivity contribution in [2.24, 2.45) is 5.92 Å². The molecule has 1 aliphatic heterocycles. The fourth-order valence-corrected chi connectivity index (χ4v) is 2.17. The van der Waals surface area contributed by atoms with Gasteiger partial charge in [0.1, 0.15) is 0 Å². The van der Waals surface area contributed by atoms with Crippen molar-refractivity contribution >= 4 is 11.8 Å². The van der Waals surface area contributed by atoms with Gasteiger partial charge in [-0.05, 0) is 25.0 Å². The van der Waals surface area contributed by atoms with E-state index in [0.29, 0.717) is 17.0 Å². The molecule has 0 bridgehead atoms. The summed E-state index contributed by atoms with van der Waals surface area (Å²) in [5, 5.41) is 0. The largest absolute Gasteiger partial charge is 0.271 e. The zero-order valence-corrected chi connectivity index (χ0v) is 10.4. The van der Waals surface area contributed by atoms with E-state index in [1.165, 1.54) is 4.90 Å². The number of rotatable bonds is 3. The maximum absolute atomic E-state index is 12.2. The number of imide groups is 1. The van der Waals surface area contributed by atoms with Gasteiger partial charge in [-0.1, -0.05) is 32.4 Å². The van der Waals surface area contributed by atoms with Gasteiger partial charge in [0, 0.05) is 6.04 Å².